The van der Waals surface area contributed by atoms with E-state index in [1.54, 1.807) is 24.3 Å². The lowest BCUT2D eigenvalue weighted by atomic mass is 10.1. The number of benzene rings is 1. The number of hydrogen-bond donors (Lipinski definition) is 6. The molecule has 1 atom stereocenters. The van der Waals surface area contributed by atoms with Crippen LogP contribution in [0.25, 0.3) is 0 Å². The molecule has 0 saturated heterocycles. The highest BCUT2D eigenvalue weighted by atomic mass is 32.2. The number of unbranched alkanes of at least 4 members (excludes halogenated alkanes) is 5. The summed E-state index contributed by atoms with van der Waals surface area (Å²) >= 11 is 0. The Hall–Kier alpha value is -2.21. The molecule has 10 nitrogen and oxygen atoms in total. The zero-order valence-corrected chi connectivity index (χ0v) is 19.0. The van der Waals surface area contributed by atoms with Crippen LogP contribution in [0.3, 0.4) is 0 Å². The van der Waals surface area contributed by atoms with E-state index in [-0.39, 0.29) is 30.7 Å². The number of rotatable bonds is 16. The maximum absolute atomic E-state index is 12.2. The Bertz CT molecular complexity index is 779. The maximum atomic E-state index is 12.2. The molecule has 0 saturated carbocycles. The number of aliphatic imine (C=N–C) groups is 1. The molecule has 0 fully saturated rings. The minimum absolute atomic E-state index is 0.000647. The fraction of sp³-hybridized carbons (Fsp3) is 0.600. The van der Waals surface area contributed by atoms with Crippen LogP contribution in [0.2, 0.25) is 0 Å². The van der Waals surface area contributed by atoms with Crippen LogP contribution in [0.4, 0.5) is 5.69 Å². The molecule has 0 aromatic heterocycles. The number of nitrogens with two attached hydrogens (primary N) is 2. The van der Waals surface area contributed by atoms with Gasteiger partial charge in [0.2, 0.25) is 15.9 Å². The molecule has 0 aliphatic rings. The number of aliphatic hydroxyl groups excluding tert-OH is 1. The van der Waals surface area contributed by atoms with E-state index in [4.69, 9.17) is 11.5 Å². The Morgan fingerprint density at radius 2 is 1.74 bits per heavy atom. The first-order chi connectivity index (χ1) is 14.8. The minimum atomic E-state index is -3.53. The zero-order valence-electron chi connectivity index (χ0n) is 18.1. The van der Waals surface area contributed by atoms with Gasteiger partial charge in [0.25, 0.3) is 0 Å². The fourth-order valence-electron chi connectivity index (χ4n) is 2.81. The molecular formula is C20H36N6O4S. The van der Waals surface area contributed by atoms with Crippen molar-refractivity contribution in [2.75, 3.05) is 18.9 Å². The van der Waals surface area contributed by atoms with Crippen LogP contribution in [0, 0.1) is 0 Å². The van der Waals surface area contributed by atoms with Crippen molar-refractivity contribution in [3.8, 4) is 0 Å². The van der Waals surface area contributed by atoms with Crippen LogP contribution in [0.15, 0.2) is 29.3 Å². The van der Waals surface area contributed by atoms with Gasteiger partial charge >= 0.3 is 0 Å². The van der Waals surface area contributed by atoms with Crippen molar-refractivity contribution in [1.82, 2.24) is 15.4 Å². The van der Waals surface area contributed by atoms with E-state index in [1.807, 2.05) is 0 Å². The van der Waals surface area contributed by atoms with Crippen LogP contribution >= 0.6 is 0 Å². The molecular weight excluding hydrogens is 420 g/mol. The first-order valence-electron chi connectivity index (χ1n) is 10.5. The molecule has 0 spiro atoms. The number of guanidine groups is 1. The molecule has 0 bridgehead atoms. The standard InChI is InChI=1S/C20H36N6O4S/c1-2-3-4-5-6-7-12-31(29,30)26-18(15-27)23-14-19(28)24-13-16-8-10-17(11-9-16)25-20(21)22/h8-11,18,23,26-27H,2-7,12-15H2,1H3,(H,24,28)(H4,21,22,25). The topological polar surface area (TPSA) is 172 Å². The number of nitrogens with one attached hydrogen (secondary N) is 3. The predicted octanol–water partition coefficient (Wildman–Crippen LogP) is 0.396. The van der Waals surface area contributed by atoms with Crippen LogP contribution in [-0.4, -0.2) is 50.5 Å². The van der Waals surface area contributed by atoms with Crippen molar-refractivity contribution in [3.63, 3.8) is 0 Å². The summed E-state index contributed by atoms with van der Waals surface area (Å²) in [5, 5.41) is 14.8. The Labute approximate surface area is 184 Å². The monoisotopic (exact) mass is 456 g/mol. The SMILES string of the molecule is CCCCCCCCS(=O)(=O)NC(CO)NCC(=O)NCc1ccc(N=C(N)N)cc1. The van der Waals surface area contributed by atoms with Crippen LogP contribution in [0.5, 0.6) is 0 Å². The molecule has 176 valence electrons. The van der Waals surface area contributed by atoms with Crippen molar-refractivity contribution in [2.45, 2.75) is 58.2 Å². The van der Waals surface area contributed by atoms with Crippen molar-refractivity contribution in [1.29, 1.82) is 0 Å². The van der Waals surface area contributed by atoms with E-state index in [0.29, 0.717) is 12.1 Å². The zero-order chi connectivity index (χ0) is 23.1. The molecule has 1 aromatic carbocycles. The first-order valence-corrected chi connectivity index (χ1v) is 12.2. The van der Waals surface area contributed by atoms with Gasteiger partial charge in [0, 0.05) is 6.54 Å². The average Bonchev–Trinajstić information content (AvgIpc) is 2.72. The van der Waals surface area contributed by atoms with Gasteiger partial charge < -0.3 is 21.9 Å². The van der Waals surface area contributed by atoms with Crippen molar-refractivity contribution >= 4 is 27.6 Å². The second kappa shape index (κ2) is 14.7. The summed E-state index contributed by atoms with van der Waals surface area (Å²) in [4.78, 5) is 15.9. The minimum Gasteiger partial charge on any atom is -0.393 e. The van der Waals surface area contributed by atoms with Gasteiger partial charge in [-0.2, -0.15) is 4.72 Å². The van der Waals surface area contributed by atoms with Crippen molar-refractivity contribution in [2.24, 2.45) is 16.5 Å². The van der Waals surface area contributed by atoms with Crippen molar-refractivity contribution in [3.05, 3.63) is 29.8 Å². The quantitative estimate of drug-likeness (QED) is 0.0903. The lowest BCUT2D eigenvalue weighted by molar-refractivity contribution is -0.120. The van der Waals surface area contributed by atoms with Gasteiger partial charge in [-0.05, 0) is 24.1 Å². The lowest BCUT2D eigenvalue weighted by Crippen LogP contribution is -2.51. The van der Waals surface area contributed by atoms with Crippen molar-refractivity contribution < 1.29 is 18.3 Å². The summed E-state index contributed by atoms with van der Waals surface area (Å²) in [7, 11) is -3.53. The van der Waals surface area contributed by atoms with E-state index in [9.17, 15) is 18.3 Å². The smallest absolute Gasteiger partial charge is 0.234 e. The van der Waals surface area contributed by atoms with Gasteiger partial charge in [0.15, 0.2) is 5.96 Å². The van der Waals surface area contributed by atoms with E-state index in [2.05, 4.69) is 27.3 Å². The normalized spacial score (nSPS) is 12.3. The predicted molar refractivity (Wildman–Crippen MR) is 123 cm³/mol. The highest BCUT2D eigenvalue weighted by Crippen LogP contribution is 2.12. The average molecular weight is 457 g/mol. The molecule has 1 aromatic rings. The Morgan fingerprint density at radius 1 is 1.10 bits per heavy atom. The number of sulfonamides is 1. The van der Waals surface area contributed by atoms with E-state index in [1.165, 1.54) is 0 Å². The number of amides is 1. The Morgan fingerprint density at radius 3 is 2.35 bits per heavy atom. The Kier molecular flexibility index (Phi) is 12.8. The molecule has 11 heteroatoms. The van der Waals surface area contributed by atoms with E-state index in [0.717, 1.165) is 37.7 Å². The molecule has 1 unspecified atom stereocenters. The number of hydrogen-bond acceptors (Lipinski definition) is 6. The van der Waals surface area contributed by atoms with E-state index >= 15 is 0 Å². The van der Waals surface area contributed by atoms with Gasteiger partial charge in [-0.25, -0.2) is 13.4 Å². The van der Waals surface area contributed by atoms with E-state index < -0.39 is 22.8 Å². The summed E-state index contributed by atoms with van der Waals surface area (Å²) in [5.41, 5.74) is 12.1. The highest BCUT2D eigenvalue weighted by Gasteiger charge is 2.17. The first kappa shape index (κ1) is 26.8. The Balaban J connectivity index is 2.33. The molecule has 31 heavy (non-hydrogen) atoms. The lowest BCUT2D eigenvalue weighted by Gasteiger charge is -2.18. The summed E-state index contributed by atoms with van der Waals surface area (Å²) in [6.45, 7) is 1.81. The third kappa shape index (κ3) is 12.9. The van der Waals surface area contributed by atoms with Gasteiger partial charge in [-0.3, -0.25) is 10.1 Å². The summed E-state index contributed by atoms with van der Waals surface area (Å²) < 4.78 is 26.7. The number of carbonyl (C=O) groups excluding carboxylic acids is 1. The molecule has 0 heterocycles. The second-order valence-electron chi connectivity index (χ2n) is 7.30. The van der Waals surface area contributed by atoms with Crippen LogP contribution in [0.1, 0.15) is 51.0 Å². The molecule has 1 amide bonds. The summed E-state index contributed by atoms with van der Waals surface area (Å²) in [5.74, 6) is -0.366. The third-order valence-corrected chi connectivity index (χ3v) is 5.93. The highest BCUT2D eigenvalue weighted by molar-refractivity contribution is 7.89. The fourth-order valence-corrected chi connectivity index (χ4v) is 4.10. The third-order valence-electron chi connectivity index (χ3n) is 4.46. The molecule has 0 radical (unpaired) electrons. The number of nitrogens with zero attached hydrogens (tertiary/aromatic N) is 1. The second-order valence-corrected chi connectivity index (χ2v) is 9.17. The van der Waals surface area contributed by atoms with Crippen LogP contribution in [-0.2, 0) is 21.4 Å². The van der Waals surface area contributed by atoms with Gasteiger partial charge in [-0.1, -0.05) is 51.2 Å². The van der Waals surface area contributed by atoms with Gasteiger partial charge in [0.05, 0.1) is 30.8 Å². The summed E-state index contributed by atoms with van der Waals surface area (Å²) in [6, 6.07) is 7.00. The molecule has 1 rings (SSSR count). The largest absolute Gasteiger partial charge is 0.393 e. The van der Waals surface area contributed by atoms with Crippen LogP contribution < -0.4 is 26.8 Å². The van der Waals surface area contributed by atoms with Gasteiger partial charge in [-0.15, -0.1) is 0 Å². The number of aliphatic hydroxyl groups is 1. The molecule has 0 aliphatic heterocycles. The molecule has 0 aliphatic carbocycles. The maximum Gasteiger partial charge on any atom is 0.234 e. The molecule has 8 N–H and O–H groups in total. The van der Waals surface area contributed by atoms with Gasteiger partial charge in [0.1, 0.15) is 0 Å². The summed E-state index contributed by atoms with van der Waals surface area (Å²) in [6.07, 6.45) is 4.93. The number of carbonyl (C=O) groups is 1.